The summed E-state index contributed by atoms with van der Waals surface area (Å²) in [7, 11) is 0. The van der Waals surface area contributed by atoms with Crippen molar-refractivity contribution < 1.29 is 9.18 Å². The first-order chi connectivity index (χ1) is 10.2. The van der Waals surface area contributed by atoms with Crippen LogP contribution in [0.5, 0.6) is 0 Å². The molecule has 2 nitrogen and oxygen atoms in total. The first-order valence-corrected chi connectivity index (χ1v) is 8.33. The van der Waals surface area contributed by atoms with E-state index in [2.05, 4.69) is 6.92 Å². The smallest absolute Gasteiger partial charge is 0.254 e. The molecule has 4 heteroatoms. The Morgan fingerprint density at radius 3 is 2.81 bits per heavy atom. The largest absolute Gasteiger partial charge is 0.337 e. The van der Waals surface area contributed by atoms with Gasteiger partial charge in [0.25, 0.3) is 5.91 Å². The van der Waals surface area contributed by atoms with Gasteiger partial charge in [0.1, 0.15) is 5.82 Å². The number of carbonyl (C=O) groups excluding carboxylic acids is 1. The topological polar surface area (TPSA) is 20.3 Å². The van der Waals surface area contributed by atoms with Crippen LogP contribution in [0.3, 0.4) is 0 Å². The van der Waals surface area contributed by atoms with Gasteiger partial charge in [0.2, 0.25) is 0 Å². The van der Waals surface area contributed by atoms with Crippen LogP contribution in [0, 0.1) is 5.82 Å². The second-order valence-electron chi connectivity index (χ2n) is 5.29. The first-order valence-electron chi connectivity index (χ1n) is 7.29. The van der Waals surface area contributed by atoms with Gasteiger partial charge in [-0.25, -0.2) is 4.39 Å². The summed E-state index contributed by atoms with van der Waals surface area (Å²) >= 11 is 1.93. The second-order valence-corrected chi connectivity index (χ2v) is 6.70. The Labute approximate surface area is 128 Å². The number of benzene rings is 2. The minimum Gasteiger partial charge on any atom is -0.337 e. The summed E-state index contributed by atoms with van der Waals surface area (Å²) in [4.78, 5) is 14.7. The molecule has 1 amide bonds. The van der Waals surface area contributed by atoms with E-state index in [9.17, 15) is 9.18 Å². The molecule has 0 saturated carbocycles. The maximum absolute atomic E-state index is 13.9. The number of halogens is 1. The molecule has 2 aromatic rings. The second kappa shape index (κ2) is 6.06. The molecule has 1 aliphatic rings. The van der Waals surface area contributed by atoms with Crippen molar-refractivity contribution >= 4 is 28.4 Å². The zero-order chi connectivity index (χ0) is 14.8. The normalized spacial score (nSPS) is 19.0. The fraction of sp³-hybridized carbons (Fsp3) is 0.353. The molecule has 1 unspecified atom stereocenters. The maximum Gasteiger partial charge on any atom is 0.254 e. The molecule has 1 heterocycles. The molecule has 21 heavy (non-hydrogen) atoms. The molecule has 0 aromatic heterocycles. The number of nitrogens with zero attached hydrogens (tertiary/aromatic N) is 1. The van der Waals surface area contributed by atoms with Crippen molar-refractivity contribution in [3.05, 3.63) is 47.8 Å². The van der Waals surface area contributed by atoms with Crippen LogP contribution in [0.4, 0.5) is 4.39 Å². The third-order valence-corrected chi connectivity index (χ3v) is 5.35. The van der Waals surface area contributed by atoms with Gasteiger partial charge < -0.3 is 4.90 Å². The van der Waals surface area contributed by atoms with Gasteiger partial charge >= 0.3 is 0 Å². The molecular formula is C17H18FNOS. The number of thioether (sulfide) groups is 1. The maximum atomic E-state index is 13.9. The molecule has 1 aliphatic heterocycles. The minimum absolute atomic E-state index is 0.0185. The Bertz CT molecular complexity index is 673. The van der Waals surface area contributed by atoms with E-state index in [0.29, 0.717) is 21.6 Å². The summed E-state index contributed by atoms with van der Waals surface area (Å²) in [6.45, 7) is 3.70. The highest BCUT2D eigenvalue weighted by atomic mass is 32.2. The van der Waals surface area contributed by atoms with Crippen LogP contribution in [0.25, 0.3) is 10.8 Å². The standard InChI is InChI=1S/C17H18FNOS/c1-2-12-11-19(9-10-21-12)17(20)15-7-8-16(18)14-6-4-3-5-13(14)15/h3-8,12H,2,9-11H2,1H3. The predicted molar refractivity (Wildman–Crippen MR) is 86.3 cm³/mol. The molecule has 0 N–H and O–H groups in total. The zero-order valence-corrected chi connectivity index (χ0v) is 12.8. The van der Waals surface area contributed by atoms with Crippen LogP contribution in [0.15, 0.2) is 36.4 Å². The number of hydrogen-bond donors (Lipinski definition) is 0. The lowest BCUT2D eigenvalue weighted by Gasteiger charge is -2.32. The van der Waals surface area contributed by atoms with E-state index in [1.165, 1.54) is 6.07 Å². The summed E-state index contributed by atoms with van der Waals surface area (Å²) in [6.07, 6.45) is 1.07. The van der Waals surface area contributed by atoms with Crippen molar-refractivity contribution in [2.75, 3.05) is 18.8 Å². The Kier molecular flexibility index (Phi) is 4.15. The molecule has 3 rings (SSSR count). The molecular weight excluding hydrogens is 285 g/mol. The Balaban J connectivity index is 1.96. The summed E-state index contributed by atoms with van der Waals surface area (Å²) in [5, 5.41) is 1.73. The fourth-order valence-corrected chi connectivity index (χ4v) is 3.95. The third-order valence-electron chi connectivity index (χ3n) is 3.98. The molecule has 1 atom stereocenters. The van der Waals surface area contributed by atoms with Crippen LogP contribution < -0.4 is 0 Å². The van der Waals surface area contributed by atoms with Crippen molar-refractivity contribution in [2.45, 2.75) is 18.6 Å². The van der Waals surface area contributed by atoms with Gasteiger partial charge in [-0.05, 0) is 23.9 Å². The van der Waals surface area contributed by atoms with E-state index >= 15 is 0 Å². The van der Waals surface area contributed by atoms with Crippen LogP contribution >= 0.6 is 11.8 Å². The summed E-state index contributed by atoms with van der Waals surface area (Å²) in [5.74, 6) is 0.719. The van der Waals surface area contributed by atoms with E-state index in [1.807, 2.05) is 28.8 Å². The monoisotopic (exact) mass is 303 g/mol. The van der Waals surface area contributed by atoms with Crippen molar-refractivity contribution in [1.82, 2.24) is 4.90 Å². The molecule has 0 bridgehead atoms. The molecule has 0 aliphatic carbocycles. The fourth-order valence-electron chi connectivity index (χ4n) is 2.77. The van der Waals surface area contributed by atoms with Gasteiger partial charge in [-0.15, -0.1) is 0 Å². The van der Waals surface area contributed by atoms with E-state index in [0.717, 1.165) is 25.3 Å². The van der Waals surface area contributed by atoms with Crippen LogP contribution in [-0.2, 0) is 0 Å². The van der Waals surface area contributed by atoms with Crippen LogP contribution in [0.1, 0.15) is 23.7 Å². The Hall–Kier alpha value is -1.55. The highest BCUT2D eigenvalue weighted by molar-refractivity contribution is 8.00. The lowest BCUT2D eigenvalue weighted by atomic mass is 10.0. The Morgan fingerprint density at radius 2 is 2.05 bits per heavy atom. The van der Waals surface area contributed by atoms with Gasteiger partial charge in [-0.2, -0.15) is 11.8 Å². The molecule has 2 aromatic carbocycles. The third kappa shape index (κ3) is 2.77. The lowest BCUT2D eigenvalue weighted by Crippen LogP contribution is -2.41. The van der Waals surface area contributed by atoms with Gasteiger partial charge in [0.05, 0.1) is 0 Å². The zero-order valence-electron chi connectivity index (χ0n) is 12.0. The van der Waals surface area contributed by atoms with E-state index < -0.39 is 0 Å². The number of rotatable bonds is 2. The number of amides is 1. The molecule has 0 radical (unpaired) electrons. The van der Waals surface area contributed by atoms with Gasteiger partial charge in [-0.1, -0.05) is 31.2 Å². The van der Waals surface area contributed by atoms with E-state index in [1.54, 1.807) is 18.2 Å². The SMILES string of the molecule is CCC1CN(C(=O)c2ccc(F)c3ccccc23)CCS1. The van der Waals surface area contributed by atoms with E-state index in [-0.39, 0.29) is 11.7 Å². The van der Waals surface area contributed by atoms with Crippen molar-refractivity contribution in [1.29, 1.82) is 0 Å². The molecule has 0 spiro atoms. The van der Waals surface area contributed by atoms with Gasteiger partial charge in [0.15, 0.2) is 0 Å². The minimum atomic E-state index is -0.275. The van der Waals surface area contributed by atoms with Gasteiger partial charge in [0, 0.05) is 35.0 Å². The first kappa shape index (κ1) is 14.4. The van der Waals surface area contributed by atoms with E-state index in [4.69, 9.17) is 0 Å². The summed E-state index contributed by atoms with van der Waals surface area (Å²) in [5.41, 5.74) is 0.605. The predicted octanol–water partition coefficient (Wildman–Crippen LogP) is 3.95. The number of carbonyl (C=O) groups is 1. The number of hydrogen-bond acceptors (Lipinski definition) is 2. The molecule has 110 valence electrons. The van der Waals surface area contributed by atoms with Crippen LogP contribution in [-0.4, -0.2) is 34.9 Å². The lowest BCUT2D eigenvalue weighted by molar-refractivity contribution is 0.0763. The van der Waals surface area contributed by atoms with Crippen LogP contribution in [0.2, 0.25) is 0 Å². The van der Waals surface area contributed by atoms with Gasteiger partial charge in [-0.3, -0.25) is 4.79 Å². The Morgan fingerprint density at radius 1 is 1.29 bits per heavy atom. The molecule has 1 saturated heterocycles. The highest BCUT2D eigenvalue weighted by Gasteiger charge is 2.25. The quantitative estimate of drug-likeness (QED) is 0.837. The van der Waals surface area contributed by atoms with Crippen molar-refractivity contribution in [3.63, 3.8) is 0 Å². The molecule has 1 fully saturated rings. The average molecular weight is 303 g/mol. The summed E-state index contributed by atoms with van der Waals surface area (Å²) < 4.78 is 13.9. The average Bonchev–Trinajstić information content (AvgIpc) is 2.55. The highest BCUT2D eigenvalue weighted by Crippen LogP contribution is 2.26. The number of fused-ring (bicyclic) bond motifs is 1. The van der Waals surface area contributed by atoms with Crippen molar-refractivity contribution in [3.8, 4) is 0 Å². The van der Waals surface area contributed by atoms with Crippen molar-refractivity contribution in [2.24, 2.45) is 0 Å². The summed E-state index contributed by atoms with van der Waals surface area (Å²) in [6, 6.07) is 10.2.